The molecule has 4 heterocycles. The van der Waals surface area contributed by atoms with E-state index in [-0.39, 0.29) is 0 Å². The minimum Gasteiger partial charge on any atom is -0.456 e. The first-order valence-electron chi connectivity index (χ1n) is 20.1. The Balaban J connectivity index is 1.06. The molecule has 0 radical (unpaired) electrons. The molecule has 5 heteroatoms. The molecule has 0 atom stereocenters. The van der Waals surface area contributed by atoms with E-state index in [1.54, 1.807) is 0 Å². The summed E-state index contributed by atoms with van der Waals surface area (Å²) in [6.45, 7) is 0. The predicted molar refractivity (Wildman–Crippen MR) is 245 cm³/mol. The van der Waals surface area contributed by atoms with Crippen molar-refractivity contribution in [2.45, 2.75) is 0 Å². The maximum absolute atomic E-state index is 10.7. The molecule has 0 saturated carbocycles. The highest BCUT2D eigenvalue weighted by atomic mass is 16.3. The lowest BCUT2D eigenvalue weighted by Gasteiger charge is -2.17. The van der Waals surface area contributed by atoms with Crippen LogP contribution in [0.3, 0.4) is 0 Å². The van der Waals surface area contributed by atoms with E-state index in [0.29, 0.717) is 5.56 Å². The number of aromatic nitrogens is 2. The van der Waals surface area contributed by atoms with Crippen LogP contribution in [0.1, 0.15) is 5.56 Å². The second-order valence-corrected chi connectivity index (χ2v) is 15.5. The fraction of sp³-hybridized carbons (Fsp3) is 0. The lowest BCUT2D eigenvalue weighted by atomic mass is 9.97. The van der Waals surface area contributed by atoms with Crippen LogP contribution in [0.25, 0.3) is 121 Å². The summed E-state index contributed by atoms with van der Waals surface area (Å²) in [4.78, 5) is 0. The zero-order valence-electron chi connectivity index (χ0n) is 32.1. The summed E-state index contributed by atoms with van der Waals surface area (Å²) >= 11 is 0. The third kappa shape index (κ3) is 4.50. The Morgan fingerprint density at radius 1 is 0.400 bits per heavy atom. The lowest BCUT2D eigenvalue weighted by Crippen LogP contribution is -2.00. The van der Waals surface area contributed by atoms with Crippen LogP contribution in [0.5, 0.6) is 0 Å². The summed E-state index contributed by atoms with van der Waals surface area (Å²) in [5.74, 6) is 0. The Kier molecular flexibility index (Phi) is 6.73. The number of fused-ring (bicyclic) bond motifs is 14. The highest BCUT2D eigenvalue weighted by Crippen LogP contribution is 2.45. The van der Waals surface area contributed by atoms with Crippen LogP contribution in [-0.2, 0) is 0 Å². The number of nitriles is 1. The van der Waals surface area contributed by atoms with Crippen LogP contribution in [0, 0.1) is 11.3 Å². The van der Waals surface area contributed by atoms with Gasteiger partial charge in [-0.2, -0.15) is 5.26 Å². The lowest BCUT2D eigenvalue weighted by molar-refractivity contribution is 0.669. The van der Waals surface area contributed by atoms with Crippen molar-refractivity contribution in [3.63, 3.8) is 0 Å². The second kappa shape index (κ2) is 12.3. The van der Waals surface area contributed by atoms with Gasteiger partial charge in [-0.25, -0.2) is 0 Å². The molecule has 0 spiro atoms. The Hall–Kier alpha value is -8.33. The average molecular weight is 766 g/mol. The quantitative estimate of drug-likeness (QED) is 0.179. The first-order valence-corrected chi connectivity index (χ1v) is 20.1. The number of furan rings is 2. The molecule has 13 aromatic rings. The molecule has 278 valence electrons. The van der Waals surface area contributed by atoms with Gasteiger partial charge >= 0.3 is 0 Å². The maximum atomic E-state index is 10.7. The topological polar surface area (TPSA) is 59.9 Å². The molecule has 0 unspecified atom stereocenters. The fourth-order valence-corrected chi connectivity index (χ4v) is 9.79. The molecule has 0 bridgehead atoms. The van der Waals surface area contributed by atoms with Gasteiger partial charge in [-0.1, -0.05) is 115 Å². The van der Waals surface area contributed by atoms with Gasteiger partial charge in [0.1, 0.15) is 22.3 Å². The highest BCUT2D eigenvalue weighted by molar-refractivity contribution is 6.26. The van der Waals surface area contributed by atoms with Crippen LogP contribution in [0.4, 0.5) is 0 Å². The van der Waals surface area contributed by atoms with E-state index >= 15 is 0 Å². The molecule has 13 rings (SSSR count). The van der Waals surface area contributed by atoms with Crippen LogP contribution in [0.2, 0.25) is 0 Å². The molecule has 0 amide bonds. The SMILES string of the molecule is N#Cc1cccc(-n2c3ccccc3c3ccc4oc5ccccc5c4c32)c1-c1ccc(-n2c3cc(-c4ccccc4)ccc3c3c4oc5ccccc5c4ccc32)cc1. The molecule has 9 aromatic carbocycles. The van der Waals surface area contributed by atoms with Crippen molar-refractivity contribution >= 4 is 87.5 Å². The standard InChI is InChI=1S/C55H31N3O2/c56-32-36-13-10-18-45(58-44-17-7-4-14-38(44)40-28-30-50-53(54(40)58)43-16-6-9-20-49(43)59-50)51(36)34-21-24-37(25-22-34)57-46-29-27-41-39-15-5-8-19-48(39)60-55(41)52(46)42-26-23-35(31-47(42)57)33-11-2-1-3-12-33/h1-31H. The largest absolute Gasteiger partial charge is 0.456 e. The van der Waals surface area contributed by atoms with Crippen molar-refractivity contribution in [2.75, 3.05) is 0 Å². The Bertz CT molecular complexity index is 3950. The third-order valence-electron chi connectivity index (χ3n) is 12.4. The zero-order chi connectivity index (χ0) is 39.5. The monoisotopic (exact) mass is 765 g/mol. The van der Waals surface area contributed by atoms with E-state index in [4.69, 9.17) is 8.83 Å². The minimum absolute atomic E-state index is 0.604. The molecule has 0 fully saturated rings. The molecule has 4 aromatic heterocycles. The number of nitrogens with zero attached hydrogens (tertiary/aromatic N) is 3. The predicted octanol–water partition coefficient (Wildman–Crippen LogP) is 14.9. The van der Waals surface area contributed by atoms with Gasteiger partial charge in [0.15, 0.2) is 0 Å². The fourth-order valence-electron chi connectivity index (χ4n) is 9.79. The van der Waals surface area contributed by atoms with Gasteiger partial charge in [-0.15, -0.1) is 0 Å². The Morgan fingerprint density at radius 3 is 1.93 bits per heavy atom. The molecule has 0 aliphatic rings. The molecule has 60 heavy (non-hydrogen) atoms. The number of hydrogen-bond acceptors (Lipinski definition) is 3. The van der Waals surface area contributed by atoms with Gasteiger partial charge in [-0.05, 0) is 89.5 Å². The molecular formula is C55H31N3O2. The highest BCUT2D eigenvalue weighted by Gasteiger charge is 2.23. The zero-order valence-corrected chi connectivity index (χ0v) is 32.1. The van der Waals surface area contributed by atoms with Crippen molar-refractivity contribution in [3.05, 3.63) is 194 Å². The maximum Gasteiger partial charge on any atom is 0.145 e. The van der Waals surface area contributed by atoms with Gasteiger partial charge in [0, 0.05) is 43.6 Å². The second-order valence-electron chi connectivity index (χ2n) is 15.5. The van der Waals surface area contributed by atoms with Crippen LogP contribution >= 0.6 is 0 Å². The van der Waals surface area contributed by atoms with Gasteiger partial charge in [0.25, 0.3) is 0 Å². The molecule has 0 aliphatic carbocycles. The van der Waals surface area contributed by atoms with E-state index in [2.05, 4.69) is 167 Å². The van der Waals surface area contributed by atoms with E-state index < -0.39 is 0 Å². The van der Waals surface area contributed by atoms with Crippen molar-refractivity contribution < 1.29 is 8.83 Å². The smallest absolute Gasteiger partial charge is 0.145 e. The number of hydrogen-bond donors (Lipinski definition) is 0. The van der Waals surface area contributed by atoms with Crippen LogP contribution in [0.15, 0.2) is 197 Å². The van der Waals surface area contributed by atoms with E-state index in [9.17, 15) is 5.26 Å². The normalized spacial score (nSPS) is 12.0. The molecule has 0 N–H and O–H groups in total. The first-order chi connectivity index (χ1) is 29.7. The molecular weight excluding hydrogens is 735 g/mol. The molecule has 5 nitrogen and oxygen atoms in total. The van der Waals surface area contributed by atoms with Gasteiger partial charge < -0.3 is 18.0 Å². The van der Waals surface area contributed by atoms with E-state index in [1.165, 1.54) is 0 Å². The average Bonchev–Trinajstić information content (AvgIpc) is 4.06. The molecule has 0 aliphatic heterocycles. The summed E-state index contributed by atoms with van der Waals surface area (Å²) in [5.41, 5.74) is 14.4. The van der Waals surface area contributed by atoms with E-state index in [1.807, 2.05) is 36.4 Å². The van der Waals surface area contributed by atoms with E-state index in [0.717, 1.165) is 121 Å². The number of benzene rings is 9. The van der Waals surface area contributed by atoms with Gasteiger partial charge in [-0.3, -0.25) is 0 Å². The van der Waals surface area contributed by atoms with Crippen molar-refractivity contribution in [1.82, 2.24) is 9.13 Å². The van der Waals surface area contributed by atoms with Crippen LogP contribution in [-0.4, -0.2) is 9.13 Å². The summed E-state index contributed by atoms with van der Waals surface area (Å²) in [5, 5.41) is 19.5. The van der Waals surface area contributed by atoms with Crippen LogP contribution < -0.4 is 0 Å². The van der Waals surface area contributed by atoms with Crippen molar-refractivity contribution in [1.29, 1.82) is 5.26 Å². The van der Waals surface area contributed by atoms with Crippen molar-refractivity contribution in [2.24, 2.45) is 0 Å². The Morgan fingerprint density at radius 2 is 1.10 bits per heavy atom. The summed E-state index contributed by atoms with van der Waals surface area (Å²) in [6, 6.07) is 68.2. The molecule has 0 saturated heterocycles. The van der Waals surface area contributed by atoms with Gasteiger partial charge in [0.2, 0.25) is 0 Å². The summed E-state index contributed by atoms with van der Waals surface area (Å²) < 4.78 is 17.7. The summed E-state index contributed by atoms with van der Waals surface area (Å²) in [7, 11) is 0. The summed E-state index contributed by atoms with van der Waals surface area (Å²) in [6.07, 6.45) is 0. The third-order valence-corrected chi connectivity index (χ3v) is 12.4. The number of para-hydroxylation sites is 3. The van der Waals surface area contributed by atoms with Gasteiger partial charge in [0.05, 0.1) is 50.2 Å². The minimum atomic E-state index is 0.604. The number of rotatable bonds is 4. The Labute approximate surface area is 342 Å². The van der Waals surface area contributed by atoms with Crippen molar-refractivity contribution in [3.8, 4) is 39.7 Å². The first kappa shape index (κ1) is 32.7.